The van der Waals surface area contributed by atoms with Gasteiger partial charge in [0.15, 0.2) is 0 Å². The quantitative estimate of drug-likeness (QED) is 0.876. The number of aliphatic hydroxyl groups excluding tert-OH is 1. The van der Waals surface area contributed by atoms with Gasteiger partial charge >= 0.3 is 6.03 Å². The van der Waals surface area contributed by atoms with Gasteiger partial charge < -0.3 is 15.3 Å². The zero-order valence-corrected chi connectivity index (χ0v) is 13.8. The second-order valence-electron chi connectivity index (χ2n) is 6.25. The molecule has 1 rings (SSSR count). The van der Waals surface area contributed by atoms with Crippen LogP contribution < -0.4 is 5.32 Å². The monoisotopic (exact) mass is 292 g/mol. The molecule has 0 heterocycles. The van der Waals surface area contributed by atoms with Crippen LogP contribution in [-0.2, 0) is 5.41 Å². The van der Waals surface area contributed by atoms with Crippen LogP contribution in [0.2, 0.25) is 0 Å². The Balaban J connectivity index is 2.60. The number of benzene rings is 1. The first-order valence-corrected chi connectivity index (χ1v) is 7.60. The van der Waals surface area contributed by atoms with Crippen molar-refractivity contribution in [2.24, 2.45) is 0 Å². The molecule has 0 bridgehead atoms. The maximum absolute atomic E-state index is 11.8. The predicted molar refractivity (Wildman–Crippen MR) is 86.4 cm³/mol. The molecular formula is C17H28N2O2. The van der Waals surface area contributed by atoms with Gasteiger partial charge in [0, 0.05) is 19.6 Å². The topological polar surface area (TPSA) is 52.6 Å². The normalized spacial score (nSPS) is 12.9. The lowest BCUT2D eigenvalue weighted by molar-refractivity contribution is 0.163. The summed E-state index contributed by atoms with van der Waals surface area (Å²) in [6, 6.07) is 7.78. The fraction of sp³-hybridized carbons (Fsp3) is 0.588. The Kier molecular flexibility index (Phi) is 6.21. The first kappa shape index (κ1) is 17.5. The highest BCUT2D eigenvalue weighted by Crippen LogP contribution is 2.23. The Morgan fingerprint density at radius 1 is 1.19 bits per heavy atom. The van der Waals surface area contributed by atoms with Gasteiger partial charge in [-0.25, -0.2) is 4.79 Å². The van der Waals surface area contributed by atoms with Gasteiger partial charge in [-0.1, -0.05) is 45.0 Å². The van der Waals surface area contributed by atoms with Crippen molar-refractivity contribution in [3.05, 3.63) is 35.4 Å². The van der Waals surface area contributed by atoms with Crippen molar-refractivity contribution in [1.29, 1.82) is 0 Å². The van der Waals surface area contributed by atoms with Gasteiger partial charge in [0.05, 0.1) is 6.10 Å². The van der Waals surface area contributed by atoms with E-state index in [2.05, 4.69) is 26.1 Å². The van der Waals surface area contributed by atoms with Crippen LogP contribution in [0.15, 0.2) is 24.3 Å². The minimum Gasteiger partial charge on any atom is -0.387 e. The van der Waals surface area contributed by atoms with Crippen molar-refractivity contribution in [3.8, 4) is 0 Å². The molecule has 1 unspecified atom stereocenters. The summed E-state index contributed by atoms with van der Waals surface area (Å²) in [5.41, 5.74) is 2.15. The van der Waals surface area contributed by atoms with Crippen molar-refractivity contribution in [1.82, 2.24) is 10.2 Å². The summed E-state index contributed by atoms with van der Waals surface area (Å²) in [4.78, 5) is 13.5. The van der Waals surface area contributed by atoms with E-state index < -0.39 is 6.10 Å². The minimum atomic E-state index is -0.682. The Bertz CT molecular complexity index is 445. The molecule has 4 heteroatoms. The molecule has 0 saturated carbocycles. The molecule has 118 valence electrons. The van der Waals surface area contributed by atoms with Gasteiger partial charge in [0.25, 0.3) is 0 Å². The summed E-state index contributed by atoms with van der Waals surface area (Å²) in [6.45, 7) is 11.9. The lowest BCUT2D eigenvalue weighted by Gasteiger charge is -2.22. The van der Waals surface area contributed by atoms with Crippen LogP contribution in [0.1, 0.15) is 51.8 Å². The largest absolute Gasteiger partial charge is 0.387 e. The Morgan fingerprint density at radius 3 is 2.14 bits per heavy atom. The van der Waals surface area contributed by atoms with Gasteiger partial charge in [-0.3, -0.25) is 0 Å². The molecule has 0 saturated heterocycles. The number of hydrogen-bond donors (Lipinski definition) is 2. The first-order valence-electron chi connectivity index (χ1n) is 7.60. The highest BCUT2D eigenvalue weighted by Gasteiger charge is 2.16. The van der Waals surface area contributed by atoms with E-state index in [1.807, 2.05) is 38.1 Å². The van der Waals surface area contributed by atoms with Gasteiger partial charge in [-0.2, -0.15) is 0 Å². The van der Waals surface area contributed by atoms with Crippen LogP contribution in [-0.4, -0.2) is 35.7 Å². The molecule has 0 aliphatic heterocycles. The highest BCUT2D eigenvalue weighted by atomic mass is 16.3. The van der Waals surface area contributed by atoms with E-state index in [1.165, 1.54) is 5.56 Å². The molecule has 2 N–H and O–H groups in total. The van der Waals surface area contributed by atoms with Crippen LogP contribution in [0.25, 0.3) is 0 Å². The maximum Gasteiger partial charge on any atom is 0.317 e. The number of carbonyl (C=O) groups excluding carboxylic acids is 1. The highest BCUT2D eigenvalue weighted by molar-refractivity contribution is 5.74. The zero-order chi connectivity index (χ0) is 16.0. The van der Waals surface area contributed by atoms with E-state index in [0.717, 1.165) is 5.56 Å². The summed E-state index contributed by atoms with van der Waals surface area (Å²) in [7, 11) is 0. The third-order valence-corrected chi connectivity index (χ3v) is 3.66. The van der Waals surface area contributed by atoms with Gasteiger partial charge in [-0.05, 0) is 30.4 Å². The van der Waals surface area contributed by atoms with E-state index in [9.17, 15) is 9.90 Å². The van der Waals surface area contributed by atoms with Crippen LogP contribution in [0, 0.1) is 0 Å². The Hall–Kier alpha value is -1.55. The summed E-state index contributed by atoms with van der Waals surface area (Å²) in [5, 5.41) is 12.9. The maximum atomic E-state index is 11.8. The van der Waals surface area contributed by atoms with E-state index in [-0.39, 0.29) is 18.0 Å². The third-order valence-electron chi connectivity index (χ3n) is 3.66. The standard InChI is InChI=1S/C17H28N2O2/c1-6-19(7-2)16(21)18-12-15(20)13-8-10-14(11-9-13)17(3,4)5/h8-11,15,20H,6-7,12H2,1-5H3,(H,18,21). The number of nitrogens with zero attached hydrogens (tertiary/aromatic N) is 1. The Morgan fingerprint density at radius 2 is 1.71 bits per heavy atom. The van der Waals surface area contributed by atoms with Gasteiger partial charge in [0.2, 0.25) is 0 Å². The molecule has 0 spiro atoms. The molecule has 4 nitrogen and oxygen atoms in total. The summed E-state index contributed by atoms with van der Waals surface area (Å²) in [5.74, 6) is 0. The number of hydrogen-bond acceptors (Lipinski definition) is 2. The molecule has 0 aliphatic rings. The second kappa shape index (κ2) is 7.46. The molecule has 2 amide bonds. The summed E-state index contributed by atoms with van der Waals surface area (Å²) < 4.78 is 0. The number of aliphatic hydroxyl groups is 1. The molecular weight excluding hydrogens is 264 g/mol. The van der Waals surface area contributed by atoms with Crippen LogP contribution >= 0.6 is 0 Å². The molecule has 0 fully saturated rings. The lowest BCUT2D eigenvalue weighted by atomic mass is 9.86. The number of nitrogens with one attached hydrogen (secondary N) is 1. The third kappa shape index (κ3) is 5.05. The molecule has 0 aliphatic carbocycles. The number of amides is 2. The molecule has 0 radical (unpaired) electrons. The van der Waals surface area contributed by atoms with Crippen LogP contribution in [0.5, 0.6) is 0 Å². The zero-order valence-electron chi connectivity index (χ0n) is 13.8. The van der Waals surface area contributed by atoms with Crippen molar-refractivity contribution in [3.63, 3.8) is 0 Å². The molecule has 1 aromatic rings. The van der Waals surface area contributed by atoms with E-state index in [1.54, 1.807) is 4.90 Å². The van der Waals surface area contributed by atoms with E-state index in [0.29, 0.717) is 13.1 Å². The summed E-state index contributed by atoms with van der Waals surface area (Å²) >= 11 is 0. The van der Waals surface area contributed by atoms with Crippen molar-refractivity contribution < 1.29 is 9.90 Å². The number of urea groups is 1. The van der Waals surface area contributed by atoms with Crippen molar-refractivity contribution in [2.45, 2.75) is 46.1 Å². The van der Waals surface area contributed by atoms with Crippen LogP contribution in [0.4, 0.5) is 4.79 Å². The average molecular weight is 292 g/mol. The smallest absolute Gasteiger partial charge is 0.317 e. The summed E-state index contributed by atoms with van der Waals surface area (Å²) in [6.07, 6.45) is -0.682. The van der Waals surface area contributed by atoms with Crippen LogP contribution in [0.3, 0.4) is 0 Å². The molecule has 0 aromatic heterocycles. The van der Waals surface area contributed by atoms with E-state index >= 15 is 0 Å². The average Bonchev–Trinajstić information content (AvgIpc) is 2.45. The Labute approximate surface area is 128 Å². The first-order chi connectivity index (χ1) is 9.79. The lowest BCUT2D eigenvalue weighted by Crippen LogP contribution is -2.41. The fourth-order valence-corrected chi connectivity index (χ4v) is 2.13. The van der Waals surface area contributed by atoms with Gasteiger partial charge in [0.1, 0.15) is 0 Å². The second-order valence-corrected chi connectivity index (χ2v) is 6.25. The minimum absolute atomic E-state index is 0.0977. The van der Waals surface area contributed by atoms with Crippen molar-refractivity contribution >= 4 is 6.03 Å². The molecule has 21 heavy (non-hydrogen) atoms. The fourth-order valence-electron chi connectivity index (χ4n) is 2.13. The SMILES string of the molecule is CCN(CC)C(=O)NCC(O)c1ccc(C(C)(C)C)cc1. The van der Waals surface area contributed by atoms with E-state index in [4.69, 9.17) is 0 Å². The van der Waals surface area contributed by atoms with Crippen molar-refractivity contribution in [2.75, 3.05) is 19.6 Å². The number of carbonyl (C=O) groups is 1. The predicted octanol–water partition coefficient (Wildman–Crippen LogP) is 3.07. The van der Waals surface area contributed by atoms with Gasteiger partial charge in [-0.15, -0.1) is 0 Å². The molecule has 1 atom stereocenters. The number of rotatable bonds is 5. The molecule has 1 aromatic carbocycles.